The lowest BCUT2D eigenvalue weighted by Gasteiger charge is -2.28. The smallest absolute Gasteiger partial charge is 0.328 e. The Balaban J connectivity index is 5.36. The van der Waals surface area contributed by atoms with Crippen LogP contribution in [-0.4, -0.2) is 81.3 Å². The van der Waals surface area contributed by atoms with E-state index >= 15 is 0 Å². The van der Waals surface area contributed by atoms with Crippen molar-refractivity contribution < 1.29 is 39.3 Å². The van der Waals surface area contributed by atoms with E-state index in [-0.39, 0.29) is 0 Å². The second-order valence-electron chi connectivity index (χ2n) is 7.30. The number of primary amides is 1. The highest BCUT2D eigenvalue weighted by atomic mass is 16.4. The van der Waals surface area contributed by atoms with Crippen LogP contribution in [0.15, 0.2) is 0 Å². The molecule has 0 fully saturated rings. The van der Waals surface area contributed by atoms with Crippen LogP contribution < -0.4 is 27.4 Å². The first-order valence-electron chi connectivity index (χ1n) is 9.22. The molecule has 172 valence electrons. The fourth-order valence-corrected chi connectivity index (χ4v) is 2.38. The van der Waals surface area contributed by atoms with Crippen LogP contribution in [0, 0.1) is 5.92 Å². The molecule has 0 aliphatic carbocycles. The second kappa shape index (κ2) is 12.0. The Labute approximate surface area is 173 Å². The van der Waals surface area contributed by atoms with Crippen molar-refractivity contribution in [3.63, 3.8) is 0 Å². The van der Waals surface area contributed by atoms with Crippen molar-refractivity contribution in [1.29, 1.82) is 0 Å². The molecule has 4 amide bonds. The van der Waals surface area contributed by atoms with E-state index < -0.39 is 78.3 Å². The molecule has 0 aromatic carbocycles. The molecule has 13 heteroatoms. The number of amides is 4. The number of carbonyl (C=O) groups is 5. The average molecular weight is 433 g/mol. The fourth-order valence-electron chi connectivity index (χ4n) is 2.38. The van der Waals surface area contributed by atoms with E-state index in [0.717, 1.165) is 0 Å². The molecule has 0 radical (unpaired) electrons. The van der Waals surface area contributed by atoms with Crippen LogP contribution in [0.4, 0.5) is 0 Å². The zero-order chi connectivity index (χ0) is 23.8. The largest absolute Gasteiger partial charge is 0.480 e. The van der Waals surface area contributed by atoms with Gasteiger partial charge in [-0.3, -0.25) is 19.2 Å². The van der Waals surface area contributed by atoms with Crippen LogP contribution in [0.5, 0.6) is 0 Å². The number of hydrogen-bond acceptors (Lipinski definition) is 8. The highest BCUT2D eigenvalue weighted by Gasteiger charge is 2.34. The Hall–Kier alpha value is -2.77. The third kappa shape index (κ3) is 8.71. The number of aliphatic hydroxyl groups excluding tert-OH is 2. The van der Waals surface area contributed by atoms with E-state index in [1.807, 2.05) is 0 Å². The topological polar surface area (TPSA) is 234 Å². The summed E-state index contributed by atoms with van der Waals surface area (Å²) in [6.45, 7) is 5.53. The summed E-state index contributed by atoms with van der Waals surface area (Å²) in [4.78, 5) is 59.1. The van der Waals surface area contributed by atoms with Crippen LogP contribution in [0.25, 0.3) is 0 Å². The summed E-state index contributed by atoms with van der Waals surface area (Å²) >= 11 is 0. The fraction of sp³-hybridized carbons (Fsp3) is 0.706. The van der Waals surface area contributed by atoms with E-state index in [2.05, 4.69) is 16.0 Å². The van der Waals surface area contributed by atoms with Gasteiger partial charge in [-0.2, -0.15) is 0 Å². The number of carbonyl (C=O) groups excluding carboxylic acids is 4. The number of carboxylic acid groups (broad SMARTS) is 1. The summed E-state index contributed by atoms with van der Waals surface area (Å²) in [5, 5.41) is 35.1. The minimum Gasteiger partial charge on any atom is -0.480 e. The Bertz CT molecular complexity index is 652. The first-order chi connectivity index (χ1) is 13.7. The van der Waals surface area contributed by atoms with Crippen LogP contribution in [0.1, 0.15) is 34.1 Å². The van der Waals surface area contributed by atoms with Gasteiger partial charge in [0.2, 0.25) is 23.6 Å². The van der Waals surface area contributed by atoms with Crippen molar-refractivity contribution in [2.24, 2.45) is 17.4 Å². The van der Waals surface area contributed by atoms with Crippen LogP contribution >= 0.6 is 0 Å². The maximum atomic E-state index is 12.6. The lowest BCUT2D eigenvalue weighted by atomic mass is 10.0. The molecular weight excluding hydrogens is 402 g/mol. The minimum atomic E-state index is -1.60. The third-order valence-electron chi connectivity index (χ3n) is 4.11. The molecule has 0 aromatic rings. The summed E-state index contributed by atoms with van der Waals surface area (Å²) in [6, 6.07) is -5.70. The number of carboxylic acids is 1. The molecule has 0 spiro atoms. The number of aliphatic carboxylic acids is 1. The summed E-state index contributed by atoms with van der Waals surface area (Å²) in [5.41, 5.74) is 10.5. The van der Waals surface area contributed by atoms with Gasteiger partial charge in [0, 0.05) is 0 Å². The molecule has 0 aromatic heterocycles. The summed E-state index contributed by atoms with van der Waals surface area (Å²) < 4.78 is 0. The summed E-state index contributed by atoms with van der Waals surface area (Å²) in [5.74, 6) is -5.56. The maximum absolute atomic E-state index is 12.6. The van der Waals surface area contributed by atoms with E-state index in [4.69, 9.17) is 16.6 Å². The van der Waals surface area contributed by atoms with Crippen molar-refractivity contribution in [1.82, 2.24) is 16.0 Å². The maximum Gasteiger partial charge on any atom is 0.328 e. The van der Waals surface area contributed by atoms with Gasteiger partial charge in [0.25, 0.3) is 0 Å². The molecule has 0 aliphatic rings. The van der Waals surface area contributed by atoms with Gasteiger partial charge >= 0.3 is 5.97 Å². The van der Waals surface area contributed by atoms with E-state index in [1.165, 1.54) is 13.8 Å². The number of nitrogens with two attached hydrogens (primary N) is 2. The van der Waals surface area contributed by atoms with Gasteiger partial charge in [0.1, 0.15) is 12.1 Å². The molecule has 13 nitrogen and oxygen atoms in total. The van der Waals surface area contributed by atoms with Gasteiger partial charge in [0.05, 0.1) is 24.7 Å². The van der Waals surface area contributed by atoms with Gasteiger partial charge in [0.15, 0.2) is 6.04 Å². The zero-order valence-electron chi connectivity index (χ0n) is 17.3. The highest BCUT2D eigenvalue weighted by molar-refractivity contribution is 5.95. The lowest BCUT2D eigenvalue weighted by molar-refractivity contribution is -0.145. The standard InChI is InChI=1S/C17H31N5O8/c1-6(2)11(15(27)22-13(8(4)24)17(29)30)20-16(28)12(7(3)23)21-14(26)9(18)5-10(19)25/h6-9,11-13,23-24H,5,18H2,1-4H3,(H2,19,25)(H,20,28)(H,21,26)(H,22,27)(H,29,30). The first kappa shape index (κ1) is 27.2. The number of hydrogen-bond donors (Lipinski definition) is 8. The van der Waals surface area contributed by atoms with Crippen molar-refractivity contribution >= 4 is 29.6 Å². The molecule has 0 saturated carbocycles. The Morgan fingerprint density at radius 3 is 1.53 bits per heavy atom. The minimum absolute atomic E-state index is 0.479. The highest BCUT2D eigenvalue weighted by Crippen LogP contribution is 2.06. The SMILES string of the molecule is CC(C)C(NC(=O)C(NC(=O)C(N)CC(N)=O)C(C)O)C(=O)NC(C(=O)O)C(C)O. The van der Waals surface area contributed by atoms with E-state index in [0.29, 0.717) is 0 Å². The zero-order valence-corrected chi connectivity index (χ0v) is 17.3. The van der Waals surface area contributed by atoms with Crippen LogP contribution in [0.3, 0.4) is 0 Å². The molecule has 0 aliphatic heterocycles. The molecule has 6 unspecified atom stereocenters. The lowest BCUT2D eigenvalue weighted by Crippen LogP contribution is -2.61. The first-order valence-corrected chi connectivity index (χ1v) is 9.22. The van der Waals surface area contributed by atoms with E-state index in [1.54, 1.807) is 13.8 Å². The predicted octanol–water partition coefficient (Wildman–Crippen LogP) is -3.85. The molecule has 0 bridgehead atoms. The molecule has 0 rings (SSSR count). The van der Waals surface area contributed by atoms with Crippen molar-refractivity contribution in [2.75, 3.05) is 0 Å². The monoisotopic (exact) mass is 433 g/mol. The Morgan fingerprint density at radius 2 is 1.17 bits per heavy atom. The molecule has 0 saturated heterocycles. The van der Waals surface area contributed by atoms with Gasteiger partial charge in [-0.15, -0.1) is 0 Å². The second-order valence-corrected chi connectivity index (χ2v) is 7.30. The average Bonchev–Trinajstić information content (AvgIpc) is 2.59. The van der Waals surface area contributed by atoms with Crippen molar-refractivity contribution in [2.45, 2.75) is 70.5 Å². The van der Waals surface area contributed by atoms with Gasteiger partial charge in [-0.05, 0) is 19.8 Å². The predicted molar refractivity (Wildman–Crippen MR) is 103 cm³/mol. The molecular formula is C17H31N5O8. The third-order valence-corrected chi connectivity index (χ3v) is 4.11. The molecule has 10 N–H and O–H groups in total. The Morgan fingerprint density at radius 1 is 0.767 bits per heavy atom. The summed E-state index contributed by atoms with van der Waals surface area (Å²) in [7, 11) is 0. The molecule has 30 heavy (non-hydrogen) atoms. The summed E-state index contributed by atoms with van der Waals surface area (Å²) in [6.07, 6.45) is -3.27. The van der Waals surface area contributed by atoms with Crippen molar-refractivity contribution in [3.8, 4) is 0 Å². The number of aliphatic hydroxyl groups is 2. The normalized spacial score (nSPS) is 17.1. The Kier molecular flexibility index (Phi) is 10.9. The van der Waals surface area contributed by atoms with Crippen molar-refractivity contribution in [3.05, 3.63) is 0 Å². The van der Waals surface area contributed by atoms with Crippen LogP contribution in [-0.2, 0) is 24.0 Å². The number of nitrogens with one attached hydrogen (secondary N) is 3. The van der Waals surface area contributed by atoms with Gasteiger partial charge < -0.3 is 42.7 Å². The number of rotatable bonds is 12. The van der Waals surface area contributed by atoms with Crippen LogP contribution in [0.2, 0.25) is 0 Å². The quantitative estimate of drug-likeness (QED) is 0.150. The molecule has 6 atom stereocenters. The van der Waals surface area contributed by atoms with Gasteiger partial charge in [-0.25, -0.2) is 4.79 Å². The van der Waals surface area contributed by atoms with E-state index in [9.17, 15) is 34.2 Å². The molecule has 0 heterocycles. The van der Waals surface area contributed by atoms with Gasteiger partial charge in [-0.1, -0.05) is 13.8 Å².